The Morgan fingerprint density at radius 1 is 1.10 bits per heavy atom. The first-order valence-electron chi connectivity index (χ1n) is 9.89. The van der Waals surface area contributed by atoms with Gasteiger partial charge in [0.2, 0.25) is 5.91 Å². The number of hydrogen-bond acceptors (Lipinski definition) is 4. The Hall–Kier alpha value is -2.78. The molecule has 7 nitrogen and oxygen atoms in total. The van der Waals surface area contributed by atoms with Gasteiger partial charge in [0.1, 0.15) is 11.6 Å². The fourth-order valence-electron chi connectivity index (χ4n) is 2.80. The third-order valence-corrected chi connectivity index (χ3v) is 4.52. The molecule has 0 aliphatic heterocycles. The Morgan fingerprint density at radius 2 is 1.71 bits per heavy atom. The number of aliphatic carboxylic acids is 1. The van der Waals surface area contributed by atoms with Crippen molar-refractivity contribution in [3.63, 3.8) is 0 Å². The average Bonchev–Trinajstić information content (AvgIpc) is 2.63. The highest BCUT2D eigenvalue weighted by molar-refractivity contribution is 5.86. The summed E-state index contributed by atoms with van der Waals surface area (Å²) in [6, 6.07) is -0.471. The van der Waals surface area contributed by atoms with Crippen molar-refractivity contribution in [2.24, 2.45) is 5.92 Å². The van der Waals surface area contributed by atoms with Crippen LogP contribution in [0.25, 0.3) is 0 Å². The molecule has 0 radical (unpaired) electrons. The van der Waals surface area contributed by atoms with E-state index in [0.29, 0.717) is 6.42 Å². The van der Waals surface area contributed by atoms with E-state index in [2.05, 4.69) is 10.6 Å². The van der Waals surface area contributed by atoms with Crippen molar-refractivity contribution in [1.29, 1.82) is 0 Å². The highest BCUT2D eigenvalue weighted by Gasteiger charge is 2.30. The number of carboxylic acid groups (broad SMARTS) is 1. The van der Waals surface area contributed by atoms with Crippen molar-refractivity contribution in [3.05, 3.63) is 35.1 Å². The highest BCUT2D eigenvalue weighted by atomic mass is 19.2. The van der Waals surface area contributed by atoms with Crippen LogP contribution in [0.4, 0.5) is 18.0 Å². The van der Waals surface area contributed by atoms with Crippen molar-refractivity contribution in [2.75, 3.05) is 0 Å². The maximum Gasteiger partial charge on any atom is 0.408 e. The molecule has 0 aliphatic carbocycles. The molecular weight excluding hydrogens is 417 g/mol. The van der Waals surface area contributed by atoms with Crippen LogP contribution in [0, 0.1) is 23.4 Å². The van der Waals surface area contributed by atoms with E-state index in [-0.39, 0.29) is 17.9 Å². The van der Waals surface area contributed by atoms with Gasteiger partial charge in [-0.3, -0.25) is 9.59 Å². The molecule has 0 aliphatic rings. The van der Waals surface area contributed by atoms with Crippen LogP contribution >= 0.6 is 0 Å². The quantitative estimate of drug-likeness (QED) is 0.503. The lowest BCUT2D eigenvalue weighted by molar-refractivity contribution is -0.137. The SMILES string of the molecule is CCC(C)C(NC(=O)OC(C)(C)C)C(=O)NC(CC(=O)O)Cc1ccc(F)c(F)c1F. The number of amides is 2. The van der Waals surface area contributed by atoms with Gasteiger partial charge in [-0.15, -0.1) is 0 Å². The van der Waals surface area contributed by atoms with E-state index in [9.17, 15) is 27.6 Å². The summed E-state index contributed by atoms with van der Waals surface area (Å²) in [5, 5.41) is 14.1. The minimum Gasteiger partial charge on any atom is -0.481 e. The third-order valence-electron chi connectivity index (χ3n) is 4.52. The highest BCUT2D eigenvalue weighted by Crippen LogP contribution is 2.18. The molecule has 0 saturated heterocycles. The fourth-order valence-corrected chi connectivity index (χ4v) is 2.80. The van der Waals surface area contributed by atoms with Crippen molar-refractivity contribution in [3.8, 4) is 0 Å². The van der Waals surface area contributed by atoms with Crippen molar-refractivity contribution < 1.29 is 37.4 Å². The first-order valence-corrected chi connectivity index (χ1v) is 9.89. The van der Waals surface area contributed by atoms with Gasteiger partial charge in [-0.25, -0.2) is 18.0 Å². The summed E-state index contributed by atoms with van der Waals surface area (Å²) in [7, 11) is 0. The molecule has 1 aromatic carbocycles. The van der Waals surface area contributed by atoms with Gasteiger partial charge in [-0.1, -0.05) is 26.3 Å². The second kappa shape index (κ2) is 11.0. The van der Waals surface area contributed by atoms with Crippen LogP contribution in [-0.2, 0) is 20.7 Å². The predicted molar refractivity (Wildman–Crippen MR) is 107 cm³/mol. The zero-order chi connectivity index (χ0) is 23.9. The Labute approximate surface area is 179 Å². The lowest BCUT2D eigenvalue weighted by atomic mass is 9.96. The molecule has 3 N–H and O–H groups in total. The summed E-state index contributed by atoms with van der Waals surface area (Å²) in [6.07, 6.45) is -1.30. The molecule has 10 heteroatoms. The van der Waals surface area contributed by atoms with Crippen LogP contribution in [0.5, 0.6) is 0 Å². The number of hydrogen-bond donors (Lipinski definition) is 3. The van der Waals surface area contributed by atoms with Gasteiger partial charge in [0.05, 0.1) is 6.42 Å². The molecule has 31 heavy (non-hydrogen) atoms. The molecule has 1 aromatic rings. The Kier molecular flexibility index (Phi) is 9.33. The lowest BCUT2D eigenvalue weighted by Crippen LogP contribution is -2.54. The monoisotopic (exact) mass is 446 g/mol. The first kappa shape index (κ1) is 26.3. The van der Waals surface area contributed by atoms with E-state index in [4.69, 9.17) is 9.84 Å². The van der Waals surface area contributed by atoms with Gasteiger partial charge in [-0.05, 0) is 44.7 Å². The van der Waals surface area contributed by atoms with Crippen molar-refractivity contribution in [2.45, 2.75) is 71.6 Å². The minimum atomic E-state index is -1.68. The summed E-state index contributed by atoms with van der Waals surface area (Å²) < 4.78 is 45.9. The zero-order valence-corrected chi connectivity index (χ0v) is 18.2. The normalized spacial score (nSPS) is 14.3. The minimum absolute atomic E-state index is 0.286. The number of benzene rings is 1. The van der Waals surface area contributed by atoms with Crippen molar-refractivity contribution in [1.82, 2.24) is 10.6 Å². The van der Waals surface area contributed by atoms with Crippen LogP contribution in [0.2, 0.25) is 0 Å². The maximum atomic E-state index is 14.0. The molecule has 0 saturated carbocycles. The first-order chi connectivity index (χ1) is 14.2. The lowest BCUT2D eigenvalue weighted by Gasteiger charge is -2.28. The third kappa shape index (κ3) is 8.47. The van der Waals surface area contributed by atoms with Gasteiger partial charge < -0.3 is 20.5 Å². The van der Waals surface area contributed by atoms with Gasteiger partial charge >= 0.3 is 12.1 Å². The molecule has 3 unspecified atom stereocenters. The van der Waals surface area contributed by atoms with E-state index in [1.54, 1.807) is 34.6 Å². The van der Waals surface area contributed by atoms with E-state index >= 15 is 0 Å². The molecule has 0 heterocycles. The largest absolute Gasteiger partial charge is 0.481 e. The zero-order valence-electron chi connectivity index (χ0n) is 18.2. The smallest absolute Gasteiger partial charge is 0.408 e. The number of carboxylic acids is 1. The Bertz CT molecular complexity index is 811. The maximum absolute atomic E-state index is 14.0. The number of nitrogens with one attached hydrogen (secondary N) is 2. The van der Waals surface area contributed by atoms with Crippen LogP contribution < -0.4 is 10.6 Å². The Balaban J connectivity index is 3.04. The summed E-state index contributed by atoms with van der Waals surface area (Å²) in [4.78, 5) is 36.2. The van der Waals surface area contributed by atoms with Gasteiger partial charge in [0, 0.05) is 6.04 Å². The second-order valence-electron chi connectivity index (χ2n) is 8.35. The molecular formula is C21H29F3N2O5. The van der Waals surface area contributed by atoms with E-state index in [0.717, 1.165) is 12.1 Å². The van der Waals surface area contributed by atoms with Crippen LogP contribution in [0.15, 0.2) is 12.1 Å². The number of rotatable bonds is 9. The summed E-state index contributed by atoms with van der Waals surface area (Å²) >= 11 is 0. The topological polar surface area (TPSA) is 105 Å². The van der Waals surface area contributed by atoms with Gasteiger partial charge in [0.25, 0.3) is 0 Å². The number of carbonyl (C=O) groups is 3. The van der Waals surface area contributed by atoms with E-state index in [1.165, 1.54) is 0 Å². The molecule has 1 rings (SSSR count). The molecule has 174 valence electrons. The summed E-state index contributed by atoms with van der Waals surface area (Å²) in [5.74, 6) is -6.82. The van der Waals surface area contributed by atoms with E-state index < -0.39 is 59.5 Å². The van der Waals surface area contributed by atoms with Gasteiger partial charge in [0.15, 0.2) is 17.5 Å². The van der Waals surface area contributed by atoms with Gasteiger partial charge in [-0.2, -0.15) is 0 Å². The Morgan fingerprint density at radius 3 is 2.23 bits per heavy atom. The van der Waals surface area contributed by atoms with E-state index in [1.807, 2.05) is 0 Å². The standard InChI is InChI=1S/C21H29F3N2O5/c1-6-11(2)18(26-20(30)31-21(3,4)5)19(29)25-13(10-15(27)28)9-12-7-8-14(22)17(24)16(12)23/h7-8,11,13,18H,6,9-10H2,1-5H3,(H,25,29)(H,26,30)(H,27,28). The second-order valence-corrected chi connectivity index (χ2v) is 8.35. The van der Waals surface area contributed by atoms with Crippen molar-refractivity contribution >= 4 is 18.0 Å². The molecule has 0 bridgehead atoms. The number of ether oxygens (including phenoxy) is 1. The molecule has 0 fully saturated rings. The molecule has 2 amide bonds. The summed E-state index contributed by atoms with van der Waals surface area (Å²) in [5.41, 5.74) is -1.08. The van der Waals surface area contributed by atoms with Crippen LogP contribution in [0.3, 0.4) is 0 Å². The number of halogens is 3. The van der Waals surface area contributed by atoms with Crippen LogP contribution in [0.1, 0.15) is 53.0 Å². The fraction of sp³-hybridized carbons (Fsp3) is 0.571. The average molecular weight is 446 g/mol. The number of carbonyl (C=O) groups excluding carboxylic acids is 2. The van der Waals surface area contributed by atoms with Crippen LogP contribution in [-0.4, -0.2) is 40.8 Å². The predicted octanol–water partition coefficient (Wildman–Crippen LogP) is 3.55. The molecule has 0 spiro atoms. The summed E-state index contributed by atoms with van der Waals surface area (Å²) in [6.45, 7) is 8.48. The number of alkyl carbamates (subject to hydrolysis) is 1. The molecule has 0 aromatic heterocycles. The molecule has 3 atom stereocenters.